The Bertz CT molecular complexity index is 358. The van der Waals surface area contributed by atoms with Crippen molar-refractivity contribution in [2.45, 2.75) is 32.2 Å². The van der Waals surface area contributed by atoms with E-state index in [1.807, 2.05) is 23.9 Å². The fraction of sp³-hybridized carbons (Fsp3) is 0.600. The molecular weight excluding hydrogens is 258 g/mol. The summed E-state index contributed by atoms with van der Waals surface area (Å²) < 4.78 is 5.09. The average molecular weight is 283 g/mol. The van der Waals surface area contributed by atoms with Crippen LogP contribution in [-0.4, -0.2) is 30.8 Å². The van der Waals surface area contributed by atoms with Gasteiger partial charge in [0.05, 0.1) is 7.11 Å². The van der Waals surface area contributed by atoms with Gasteiger partial charge in [-0.1, -0.05) is 18.9 Å². The molecule has 0 aliphatic carbocycles. The molecule has 0 aliphatic heterocycles. The van der Waals surface area contributed by atoms with Gasteiger partial charge in [0, 0.05) is 6.54 Å². The van der Waals surface area contributed by atoms with Crippen molar-refractivity contribution >= 4 is 11.8 Å². The predicted molar refractivity (Wildman–Crippen MR) is 83.2 cm³/mol. The molecule has 1 aromatic rings. The predicted octanol–water partition coefficient (Wildman–Crippen LogP) is 3.41. The zero-order chi connectivity index (χ0) is 13.9. The lowest BCUT2D eigenvalue weighted by Crippen LogP contribution is -2.14. The van der Waals surface area contributed by atoms with Crippen LogP contribution in [0.3, 0.4) is 0 Å². The van der Waals surface area contributed by atoms with Gasteiger partial charge in [-0.25, -0.2) is 0 Å². The number of hydrogen-bond acceptors (Lipinski definition) is 4. The zero-order valence-electron chi connectivity index (χ0n) is 11.9. The number of phenolic OH excluding ortho intramolecular Hbond substituents is 1. The van der Waals surface area contributed by atoms with Gasteiger partial charge in [0.1, 0.15) is 0 Å². The van der Waals surface area contributed by atoms with Crippen LogP contribution >= 0.6 is 11.8 Å². The molecule has 4 heteroatoms. The lowest BCUT2D eigenvalue weighted by Gasteiger charge is -2.08. The monoisotopic (exact) mass is 283 g/mol. The lowest BCUT2D eigenvalue weighted by molar-refractivity contribution is 0.372. The first-order valence-corrected chi connectivity index (χ1v) is 8.23. The molecular formula is C15H25NO2S. The normalized spacial score (nSPS) is 10.6. The minimum Gasteiger partial charge on any atom is -0.504 e. The highest BCUT2D eigenvalue weighted by molar-refractivity contribution is 7.98. The second kappa shape index (κ2) is 9.98. The Hall–Kier alpha value is -0.870. The molecule has 0 spiro atoms. The Labute approximate surface area is 120 Å². The molecule has 0 radical (unpaired) electrons. The summed E-state index contributed by atoms with van der Waals surface area (Å²) in [5.74, 6) is 2.01. The van der Waals surface area contributed by atoms with Gasteiger partial charge >= 0.3 is 0 Å². The third-order valence-corrected chi connectivity index (χ3v) is 3.72. The van der Waals surface area contributed by atoms with Crippen molar-refractivity contribution in [3.8, 4) is 11.5 Å². The number of thioether (sulfide) groups is 1. The molecule has 0 amide bonds. The maximum Gasteiger partial charge on any atom is 0.160 e. The van der Waals surface area contributed by atoms with Gasteiger partial charge in [-0.05, 0) is 49.1 Å². The van der Waals surface area contributed by atoms with Crippen LogP contribution in [0, 0.1) is 0 Å². The zero-order valence-corrected chi connectivity index (χ0v) is 12.8. The standard InChI is InChI=1S/C15H25NO2S/c1-18-15-11-13(7-8-14(15)17)12-16-9-5-3-4-6-10-19-2/h7-8,11,16-17H,3-6,9-10,12H2,1-2H3. The Morgan fingerprint density at radius 2 is 2.00 bits per heavy atom. The second-order valence-corrected chi connectivity index (χ2v) is 5.58. The van der Waals surface area contributed by atoms with Gasteiger partial charge in [-0.2, -0.15) is 11.8 Å². The summed E-state index contributed by atoms with van der Waals surface area (Å²) in [5, 5.41) is 12.9. The first kappa shape index (κ1) is 16.2. The molecule has 3 nitrogen and oxygen atoms in total. The van der Waals surface area contributed by atoms with E-state index in [2.05, 4.69) is 11.6 Å². The van der Waals surface area contributed by atoms with Crippen LogP contribution in [0.2, 0.25) is 0 Å². The Morgan fingerprint density at radius 1 is 1.21 bits per heavy atom. The number of methoxy groups -OCH3 is 1. The fourth-order valence-electron chi connectivity index (χ4n) is 1.91. The fourth-order valence-corrected chi connectivity index (χ4v) is 2.41. The van der Waals surface area contributed by atoms with Gasteiger partial charge in [0.2, 0.25) is 0 Å². The molecule has 1 aromatic carbocycles. The van der Waals surface area contributed by atoms with Crippen molar-refractivity contribution in [3.63, 3.8) is 0 Å². The maximum atomic E-state index is 9.50. The highest BCUT2D eigenvalue weighted by Gasteiger charge is 2.02. The van der Waals surface area contributed by atoms with Crippen molar-refractivity contribution in [1.29, 1.82) is 0 Å². The largest absolute Gasteiger partial charge is 0.504 e. The Balaban J connectivity index is 2.12. The van der Waals surface area contributed by atoms with Crippen molar-refractivity contribution < 1.29 is 9.84 Å². The van der Waals surface area contributed by atoms with E-state index in [1.165, 1.54) is 31.4 Å². The molecule has 108 valence electrons. The van der Waals surface area contributed by atoms with Crippen LogP contribution in [0.4, 0.5) is 0 Å². The number of unbranched alkanes of at least 4 members (excludes halogenated alkanes) is 3. The summed E-state index contributed by atoms with van der Waals surface area (Å²) in [6.45, 7) is 1.86. The number of rotatable bonds is 10. The van der Waals surface area contributed by atoms with E-state index >= 15 is 0 Å². The van der Waals surface area contributed by atoms with Crippen molar-refractivity contribution in [2.75, 3.05) is 25.7 Å². The first-order chi connectivity index (χ1) is 9.27. The van der Waals surface area contributed by atoms with Crippen molar-refractivity contribution in [1.82, 2.24) is 5.32 Å². The minimum absolute atomic E-state index is 0.194. The molecule has 19 heavy (non-hydrogen) atoms. The van der Waals surface area contributed by atoms with Crippen LogP contribution in [0.5, 0.6) is 11.5 Å². The Morgan fingerprint density at radius 3 is 2.74 bits per heavy atom. The van der Waals surface area contributed by atoms with Gasteiger partial charge in [-0.15, -0.1) is 0 Å². The van der Waals surface area contributed by atoms with Gasteiger partial charge in [0.15, 0.2) is 11.5 Å². The van der Waals surface area contributed by atoms with E-state index in [9.17, 15) is 5.11 Å². The molecule has 0 bridgehead atoms. The summed E-state index contributed by atoms with van der Waals surface area (Å²) in [6, 6.07) is 5.47. The summed E-state index contributed by atoms with van der Waals surface area (Å²) in [5.41, 5.74) is 1.14. The third-order valence-electron chi connectivity index (χ3n) is 3.03. The third kappa shape index (κ3) is 6.73. The highest BCUT2D eigenvalue weighted by atomic mass is 32.2. The number of phenols is 1. The van der Waals surface area contributed by atoms with E-state index in [1.54, 1.807) is 13.2 Å². The number of nitrogens with one attached hydrogen (secondary N) is 1. The van der Waals surface area contributed by atoms with E-state index in [0.717, 1.165) is 18.7 Å². The van der Waals surface area contributed by atoms with E-state index in [4.69, 9.17) is 4.74 Å². The van der Waals surface area contributed by atoms with Crippen LogP contribution in [0.25, 0.3) is 0 Å². The Kier molecular flexibility index (Phi) is 8.50. The smallest absolute Gasteiger partial charge is 0.160 e. The molecule has 1 rings (SSSR count). The minimum atomic E-state index is 0.194. The number of hydrogen-bond donors (Lipinski definition) is 2. The SMILES string of the molecule is COc1cc(CNCCCCCCSC)ccc1O. The van der Waals surface area contributed by atoms with Gasteiger partial charge in [-0.3, -0.25) is 0 Å². The lowest BCUT2D eigenvalue weighted by atomic mass is 10.2. The molecule has 0 unspecified atom stereocenters. The molecule has 0 aromatic heterocycles. The van der Waals surface area contributed by atoms with Gasteiger partial charge in [0.25, 0.3) is 0 Å². The molecule has 0 atom stereocenters. The molecule has 0 heterocycles. The second-order valence-electron chi connectivity index (χ2n) is 4.59. The van der Waals surface area contributed by atoms with Gasteiger partial charge < -0.3 is 15.2 Å². The van der Waals surface area contributed by atoms with Crippen LogP contribution < -0.4 is 10.1 Å². The van der Waals surface area contributed by atoms with Crippen LogP contribution in [0.15, 0.2) is 18.2 Å². The van der Waals surface area contributed by atoms with Crippen molar-refractivity contribution in [3.05, 3.63) is 23.8 Å². The quantitative estimate of drug-likeness (QED) is 0.646. The summed E-state index contributed by atoms with van der Waals surface area (Å²) in [6.07, 6.45) is 7.34. The summed E-state index contributed by atoms with van der Waals surface area (Å²) in [7, 11) is 1.57. The molecule has 2 N–H and O–H groups in total. The maximum absolute atomic E-state index is 9.50. The van der Waals surface area contributed by atoms with E-state index in [0.29, 0.717) is 5.75 Å². The molecule has 0 aliphatic rings. The topological polar surface area (TPSA) is 41.5 Å². The van der Waals surface area contributed by atoms with Crippen LogP contribution in [-0.2, 0) is 6.54 Å². The van der Waals surface area contributed by atoms with E-state index in [-0.39, 0.29) is 5.75 Å². The highest BCUT2D eigenvalue weighted by Crippen LogP contribution is 2.26. The number of aromatic hydroxyl groups is 1. The summed E-state index contributed by atoms with van der Waals surface area (Å²) in [4.78, 5) is 0. The number of ether oxygens (including phenoxy) is 1. The first-order valence-electron chi connectivity index (χ1n) is 6.83. The van der Waals surface area contributed by atoms with E-state index < -0.39 is 0 Å². The summed E-state index contributed by atoms with van der Waals surface area (Å²) >= 11 is 1.92. The average Bonchev–Trinajstić information content (AvgIpc) is 2.43. The molecule has 0 fully saturated rings. The molecule has 0 saturated carbocycles. The van der Waals surface area contributed by atoms with Crippen LogP contribution in [0.1, 0.15) is 31.2 Å². The van der Waals surface area contributed by atoms with Crippen molar-refractivity contribution in [2.24, 2.45) is 0 Å². The number of benzene rings is 1. The molecule has 0 saturated heterocycles.